The van der Waals surface area contributed by atoms with Crippen LogP contribution in [0.1, 0.15) is 0 Å². The summed E-state index contributed by atoms with van der Waals surface area (Å²) in [5.41, 5.74) is 3.07. The van der Waals surface area contributed by atoms with E-state index in [0.29, 0.717) is 19.8 Å². The Balaban J connectivity index is 1.77. The quantitative estimate of drug-likeness (QED) is 0.794. The van der Waals surface area contributed by atoms with Gasteiger partial charge in [-0.05, 0) is 12.1 Å². The zero-order valence-corrected chi connectivity index (χ0v) is 13.4. The predicted molar refractivity (Wildman–Crippen MR) is 93.1 cm³/mol. The third-order valence-electron chi connectivity index (χ3n) is 4.34. The maximum atomic E-state index is 9.31. The fourth-order valence-electron chi connectivity index (χ4n) is 3.16. The fourth-order valence-corrected chi connectivity index (χ4v) is 3.16. The van der Waals surface area contributed by atoms with Gasteiger partial charge in [0.25, 0.3) is 0 Å². The van der Waals surface area contributed by atoms with Crippen molar-refractivity contribution >= 4 is 16.9 Å². The number of benzene rings is 1. The summed E-state index contributed by atoms with van der Waals surface area (Å²) >= 11 is 0. The predicted octanol–water partition coefficient (Wildman–Crippen LogP) is 1.93. The number of hydrogen-bond acceptors (Lipinski definition) is 5. The summed E-state index contributed by atoms with van der Waals surface area (Å²) < 4.78 is 7.47. The second kappa shape index (κ2) is 6.59. The molecule has 0 atom stereocenters. The van der Waals surface area contributed by atoms with E-state index in [1.165, 1.54) is 0 Å². The molecule has 0 saturated carbocycles. The summed E-state index contributed by atoms with van der Waals surface area (Å²) in [6.45, 7) is 3.74. The number of morpholine rings is 1. The van der Waals surface area contributed by atoms with E-state index < -0.39 is 0 Å². The second-order valence-corrected chi connectivity index (χ2v) is 5.82. The SMILES string of the molecule is OCCn1cc(-c2ccnc(N3CCOCC3)n2)c2ccccc21. The zero-order chi connectivity index (χ0) is 16.4. The third kappa shape index (κ3) is 2.74. The standard InChI is InChI=1S/C18H20N4O2/c23-10-7-22-13-15(14-3-1-2-4-17(14)22)16-5-6-19-18(20-16)21-8-11-24-12-9-21/h1-6,13,23H,7-12H2. The molecule has 4 rings (SSSR count). The second-order valence-electron chi connectivity index (χ2n) is 5.82. The Morgan fingerprint density at radius 2 is 1.96 bits per heavy atom. The molecule has 1 aliphatic heterocycles. The van der Waals surface area contributed by atoms with E-state index in [2.05, 4.69) is 32.8 Å². The number of fused-ring (bicyclic) bond motifs is 1. The number of anilines is 1. The van der Waals surface area contributed by atoms with Gasteiger partial charge in [0.15, 0.2) is 0 Å². The molecular formula is C18H20N4O2. The molecule has 0 unspecified atom stereocenters. The van der Waals surface area contributed by atoms with Crippen LogP contribution in [-0.4, -0.2) is 52.6 Å². The molecule has 2 aromatic heterocycles. The van der Waals surface area contributed by atoms with Crippen LogP contribution < -0.4 is 4.90 Å². The number of rotatable bonds is 4. The van der Waals surface area contributed by atoms with Crippen LogP contribution >= 0.6 is 0 Å². The van der Waals surface area contributed by atoms with Gasteiger partial charge in [0, 0.05) is 48.5 Å². The van der Waals surface area contributed by atoms with E-state index in [-0.39, 0.29) is 6.61 Å². The Morgan fingerprint density at radius 1 is 1.12 bits per heavy atom. The Kier molecular flexibility index (Phi) is 4.15. The van der Waals surface area contributed by atoms with Crippen LogP contribution in [0.25, 0.3) is 22.2 Å². The Hall–Kier alpha value is -2.44. The van der Waals surface area contributed by atoms with Crippen molar-refractivity contribution in [2.45, 2.75) is 6.54 Å². The summed E-state index contributed by atoms with van der Waals surface area (Å²) in [6, 6.07) is 10.1. The van der Waals surface area contributed by atoms with Gasteiger partial charge in [-0.25, -0.2) is 9.97 Å². The van der Waals surface area contributed by atoms with Crippen molar-refractivity contribution < 1.29 is 9.84 Å². The molecule has 6 heteroatoms. The average molecular weight is 324 g/mol. The molecule has 24 heavy (non-hydrogen) atoms. The minimum Gasteiger partial charge on any atom is -0.395 e. The van der Waals surface area contributed by atoms with Crippen LogP contribution in [0.5, 0.6) is 0 Å². The summed E-state index contributed by atoms with van der Waals surface area (Å²) in [6.07, 6.45) is 3.87. The van der Waals surface area contributed by atoms with Crippen molar-refractivity contribution in [3.63, 3.8) is 0 Å². The molecule has 0 spiro atoms. The van der Waals surface area contributed by atoms with Gasteiger partial charge in [-0.3, -0.25) is 0 Å². The highest BCUT2D eigenvalue weighted by molar-refractivity contribution is 5.95. The molecule has 1 N–H and O–H groups in total. The van der Waals surface area contributed by atoms with E-state index in [1.54, 1.807) is 0 Å². The van der Waals surface area contributed by atoms with E-state index >= 15 is 0 Å². The molecule has 0 amide bonds. The van der Waals surface area contributed by atoms with Crippen LogP contribution in [0.15, 0.2) is 42.7 Å². The lowest BCUT2D eigenvalue weighted by atomic mass is 10.1. The first-order valence-corrected chi connectivity index (χ1v) is 8.21. The summed E-state index contributed by atoms with van der Waals surface area (Å²) in [7, 11) is 0. The fraction of sp³-hybridized carbons (Fsp3) is 0.333. The highest BCUT2D eigenvalue weighted by Crippen LogP contribution is 2.30. The van der Waals surface area contributed by atoms with Gasteiger partial charge in [-0.1, -0.05) is 18.2 Å². The Bertz CT molecular complexity index is 840. The lowest BCUT2D eigenvalue weighted by Gasteiger charge is -2.26. The molecule has 0 bridgehead atoms. The van der Waals surface area contributed by atoms with Crippen LogP contribution in [0.2, 0.25) is 0 Å². The van der Waals surface area contributed by atoms with Crippen molar-refractivity contribution in [1.29, 1.82) is 0 Å². The number of nitrogens with zero attached hydrogens (tertiary/aromatic N) is 4. The van der Waals surface area contributed by atoms with Crippen molar-refractivity contribution in [2.24, 2.45) is 0 Å². The summed E-state index contributed by atoms with van der Waals surface area (Å²) in [5.74, 6) is 0.745. The van der Waals surface area contributed by atoms with Crippen LogP contribution in [0.4, 0.5) is 5.95 Å². The molecule has 1 aliphatic rings. The number of aromatic nitrogens is 3. The van der Waals surface area contributed by atoms with Crippen molar-refractivity contribution in [3.8, 4) is 11.3 Å². The highest BCUT2D eigenvalue weighted by atomic mass is 16.5. The van der Waals surface area contributed by atoms with Gasteiger partial charge < -0.3 is 19.3 Å². The smallest absolute Gasteiger partial charge is 0.226 e. The van der Waals surface area contributed by atoms with Crippen molar-refractivity contribution in [2.75, 3.05) is 37.8 Å². The van der Waals surface area contributed by atoms with Crippen molar-refractivity contribution in [3.05, 3.63) is 42.7 Å². The molecule has 0 aliphatic carbocycles. The molecular weight excluding hydrogens is 304 g/mol. The molecule has 1 aromatic carbocycles. The molecule has 6 nitrogen and oxygen atoms in total. The van der Waals surface area contributed by atoms with E-state index in [4.69, 9.17) is 9.72 Å². The zero-order valence-electron chi connectivity index (χ0n) is 13.4. The Labute approximate surface area is 140 Å². The topological polar surface area (TPSA) is 63.4 Å². The third-order valence-corrected chi connectivity index (χ3v) is 4.34. The first-order valence-electron chi connectivity index (χ1n) is 8.21. The number of para-hydroxylation sites is 1. The monoisotopic (exact) mass is 324 g/mol. The minimum absolute atomic E-state index is 0.112. The van der Waals surface area contributed by atoms with Gasteiger partial charge in [-0.2, -0.15) is 0 Å². The largest absolute Gasteiger partial charge is 0.395 e. The van der Waals surface area contributed by atoms with Gasteiger partial charge in [0.1, 0.15) is 0 Å². The minimum atomic E-state index is 0.112. The molecule has 3 heterocycles. The van der Waals surface area contributed by atoms with E-state index in [1.807, 2.05) is 24.4 Å². The molecule has 0 radical (unpaired) electrons. The van der Waals surface area contributed by atoms with Gasteiger partial charge in [-0.15, -0.1) is 0 Å². The van der Waals surface area contributed by atoms with Crippen LogP contribution in [-0.2, 0) is 11.3 Å². The van der Waals surface area contributed by atoms with Gasteiger partial charge >= 0.3 is 0 Å². The highest BCUT2D eigenvalue weighted by Gasteiger charge is 2.16. The molecule has 1 saturated heterocycles. The summed E-state index contributed by atoms with van der Waals surface area (Å²) in [5, 5.41) is 10.4. The first-order chi connectivity index (χ1) is 11.9. The Morgan fingerprint density at radius 3 is 2.79 bits per heavy atom. The van der Waals surface area contributed by atoms with Crippen molar-refractivity contribution in [1.82, 2.24) is 14.5 Å². The van der Waals surface area contributed by atoms with E-state index in [9.17, 15) is 5.11 Å². The first kappa shape index (κ1) is 15.1. The van der Waals surface area contributed by atoms with Gasteiger partial charge in [0.05, 0.1) is 25.5 Å². The van der Waals surface area contributed by atoms with Crippen LogP contribution in [0, 0.1) is 0 Å². The maximum absolute atomic E-state index is 9.31. The number of aliphatic hydroxyl groups excluding tert-OH is 1. The lowest BCUT2D eigenvalue weighted by Crippen LogP contribution is -2.37. The number of hydrogen-bond donors (Lipinski definition) is 1. The lowest BCUT2D eigenvalue weighted by molar-refractivity contribution is 0.122. The molecule has 3 aromatic rings. The van der Waals surface area contributed by atoms with Gasteiger partial charge in [0.2, 0.25) is 5.95 Å². The average Bonchev–Trinajstić information content (AvgIpc) is 3.02. The van der Waals surface area contributed by atoms with Crippen LogP contribution in [0.3, 0.4) is 0 Å². The molecule has 124 valence electrons. The number of ether oxygens (including phenoxy) is 1. The van der Waals surface area contributed by atoms with E-state index in [0.717, 1.165) is 41.2 Å². The summed E-state index contributed by atoms with van der Waals surface area (Å²) in [4.78, 5) is 11.4. The normalized spacial score (nSPS) is 15.1. The number of aliphatic hydroxyl groups is 1. The molecule has 1 fully saturated rings. The maximum Gasteiger partial charge on any atom is 0.226 e.